The molecule has 0 unspecified atom stereocenters. The second-order valence-corrected chi connectivity index (χ2v) is 9.77. The molecule has 0 aromatic heterocycles. The fourth-order valence-corrected chi connectivity index (χ4v) is 4.13. The molecule has 0 aliphatic carbocycles. The lowest BCUT2D eigenvalue weighted by atomic mass is 9.80. The Kier molecular flexibility index (Phi) is 7.19. The molecule has 0 aliphatic heterocycles. The number of carbonyl (C=O) groups excluding carboxylic acids is 1. The first-order chi connectivity index (χ1) is 13.5. The van der Waals surface area contributed by atoms with Gasteiger partial charge in [-0.2, -0.15) is 5.10 Å². The van der Waals surface area contributed by atoms with Crippen molar-refractivity contribution >= 4 is 27.3 Å². The normalized spacial score (nSPS) is 12.5. The lowest BCUT2D eigenvalue weighted by molar-refractivity contribution is -0.119. The molecule has 1 amide bonds. The Hall–Kier alpha value is -2.67. The maximum Gasteiger partial charge on any atom is 0.260 e. The van der Waals surface area contributed by atoms with Gasteiger partial charge in [-0.3, -0.25) is 9.10 Å². The fourth-order valence-electron chi connectivity index (χ4n) is 3.22. The highest BCUT2D eigenvalue weighted by atomic mass is 32.2. The minimum Gasteiger partial charge on any atom is -0.271 e. The minimum absolute atomic E-state index is 0.139. The highest BCUT2D eigenvalue weighted by Crippen LogP contribution is 2.27. The van der Waals surface area contributed by atoms with Crippen molar-refractivity contribution in [3.63, 3.8) is 0 Å². The first-order valence-corrected chi connectivity index (χ1v) is 11.3. The zero-order valence-electron chi connectivity index (χ0n) is 17.6. The Morgan fingerprint density at radius 3 is 2.24 bits per heavy atom. The minimum atomic E-state index is -3.61. The molecule has 0 spiro atoms. The van der Waals surface area contributed by atoms with Gasteiger partial charge in [-0.25, -0.2) is 13.8 Å². The van der Waals surface area contributed by atoms with E-state index in [0.717, 1.165) is 21.8 Å². The molecule has 0 saturated heterocycles. The van der Waals surface area contributed by atoms with Gasteiger partial charge in [0.05, 0.1) is 11.9 Å². The summed E-state index contributed by atoms with van der Waals surface area (Å²) in [5, 5.41) is 4.18. The number of carbonyl (C=O) groups is 1. The first-order valence-electron chi connectivity index (χ1n) is 9.41. The molecule has 6 nitrogen and oxygen atoms in total. The van der Waals surface area contributed by atoms with E-state index in [2.05, 4.69) is 36.5 Å². The van der Waals surface area contributed by atoms with Crippen LogP contribution in [0.4, 0.5) is 5.69 Å². The second kappa shape index (κ2) is 9.22. The van der Waals surface area contributed by atoms with E-state index >= 15 is 0 Å². The van der Waals surface area contributed by atoms with E-state index < -0.39 is 15.9 Å². The molecule has 0 fully saturated rings. The smallest absolute Gasteiger partial charge is 0.260 e. The van der Waals surface area contributed by atoms with Crippen molar-refractivity contribution in [1.29, 1.82) is 0 Å². The standard InChI is InChI=1S/C22H29N3O3S/c1-17-11-9-10-14-20(17)25(29(5,27)28)16-21(26)24-23-18(2)15-22(3,4)19-12-7-6-8-13-19/h6-14H,15-16H2,1-5H3,(H,24,26)/b23-18-. The number of benzene rings is 2. The van der Waals surface area contributed by atoms with Gasteiger partial charge >= 0.3 is 0 Å². The number of rotatable bonds is 8. The number of hydrazone groups is 1. The molecular weight excluding hydrogens is 386 g/mol. The molecule has 0 radical (unpaired) electrons. The molecule has 0 bridgehead atoms. The van der Waals surface area contributed by atoms with E-state index in [9.17, 15) is 13.2 Å². The van der Waals surface area contributed by atoms with Gasteiger partial charge in [0, 0.05) is 5.71 Å². The van der Waals surface area contributed by atoms with E-state index in [0.29, 0.717) is 12.1 Å². The maximum atomic E-state index is 12.4. The molecular formula is C22H29N3O3S. The Bertz CT molecular complexity index is 983. The molecule has 0 aliphatic rings. The Morgan fingerprint density at radius 1 is 1.07 bits per heavy atom. The van der Waals surface area contributed by atoms with Gasteiger partial charge in [-0.1, -0.05) is 62.4 Å². The average Bonchev–Trinajstić information content (AvgIpc) is 2.65. The van der Waals surface area contributed by atoms with E-state index in [1.165, 1.54) is 5.56 Å². The number of anilines is 1. The van der Waals surface area contributed by atoms with Crippen LogP contribution in [-0.2, 0) is 20.2 Å². The predicted octanol–water partition coefficient (Wildman–Crippen LogP) is 3.62. The number of hydrogen-bond donors (Lipinski definition) is 1. The highest BCUT2D eigenvalue weighted by Gasteiger charge is 2.23. The van der Waals surface area contributed by atoms with E-state index in [4.69, 9.17) is 0 Å². The van der Waals surface area contributed by atoms with Crippen LogP contribution in [0.25, 0.3) is 0 Å². The summed E-state index contributed by atoms with van der Waals surface area (Å²) in [6, 6.07) is 17.2. The third kappa shape index (κ3) is 6.42. The van der Waals surface area contributed by atoms with E-state index in [1.807, 2.05) is 31.2 Å². The molecule has 0 heterocycles. The lowest BCUT2D eigenvalue weighted by Gasteiger charge is -2.25. The molecule has 1 N–H and O–H groups in total. The molecule has 2 aromatic carbocycles. The van der Waals surface area contributed by atoms with Crippen LogP contribution in [0.15, 0.2) is 59.7 Å². The number of amides is 1. The average molecular weight is 416 g/mol. The second-order valence-electron chi connectivity index (χ2n) is 7.86. The number of nitrogens with zero attached hydrogens (tertiary/aromatic N) is 2. The van der Waals surface area contributed by atoms with E-state index in [-0.39, 0.29) is 12.0 Å². The van der Waals surface area contributed by atoms with Crippen LogP contribution >= 0.6 is 0 Å². The molecule has 29 heavy (non-hydrogen) atoms. The highest BCUT2D eigenvalue weighted by molar-refractivity contribution is 7.92. The van der Waals surface area contributed by atoms with Crippen molar-refractivity contribution in [2.75, 3.05) is 17.1 Å². The van der Waals surface area contributed by atoms with Crippen molar-refractivity contribution in [1.82, 2.24) is 5.43 Å². The maximum absolute atomic E-state index is 12.4. The summed E-state index contributed by atoms with van der Waals surface area (Å²) in [7, 11) is -3.61. The number of sulfonamides is 1. The van der Waals surface area contributed by atoms with Gasteiger partial charge in [0.15, 0.2) is 0 Å². The summed E-state index contributed by atoms with van der Waals surface area (Å²) in [4.78, 5) is 12.4. The summed E-state index contributed by atoms with van der Waals surface area (Å²) in [5.74, 6) is -0.490. The molecule has 7 heteroatoms. The summed E-state index contributed by atoms with van der Waals surface area (Å²) >= 11 is 0. The van der Waals surface area contributed by atoms with Crippen molar-refractivity contribution in [2.24, 2.45) is 5.10 Å². The van der Waals surface area contributed by atoms with Gasteiger partial charge in [-0.15, -0.1) is 0 Å². The number of nitrogens with one attached hydrogen (secondary N) is 1. The van der Waals surface area contributed by atoms with Crippen molar-refractivity contribution in [3.8, 4) is 0 Å². The van der Waals surface area contributed by atoms with Gasteiger partial charge in [0.25, 0.3) is 5.91 Å². The fraction of sp³-hybridized carbons (Fsp3) is 0.364. The lowest BCUT2D eigenvalue weighted by Crippen LogP contribution is -2.39. The third-order valence-corrected chi connectivity index (χ3v) is 5.82. The first kappa shape index (κ1) is 22.6. The van der Waals surface area contributed by atoms with Crippen LogP contribution in [0, 0.1) is 6.92 Å². The summed E-state index contributed by atoms with van der Waals surface area (Å²) in [5.41, 5.74) is 5.55. The van der Waals surface area contributed by atoms with Crippen LogP contribution in [0.5, 0.6) is 0 Å². The summed E-state index contributed by atoms with van der Waals surface area (Å²) in [6.07, 6.45) is 1.74. The van der Waals surface area contributed by atoms with Crippen molar-refractivity contribution in [2.45, 2.75) is 39.5 Å². The topological polar surface area (TPSA) is 78.8 Å². The van der Waals surface area contributed by atoms with E-state index in [1.54, 1.807) is 25.1 Å². The Morgan fingerprint density at radius 2 is 1.66 bits per heavy atom. The van der Waals surface area contributed by atoms with Gasteiger partial charge in [0.2, 0.25) is 10.0 Å². The zero-order chi connectivity index (χ0) is 21.7. The molecule has 2 rings (SSSR count). The van der Waals surface area contributed by atoms with Crippen LogP contribution in [0.1, 0.15) is 38.3 Å². The van der Waals surface area contributed by atoms with Crippen LogP contribution in [-0.4, -0.2) is 32.8 Å². The van der Waals surface area contributed by atoms with Gasteiger partial charge < -0.3 is 0 Å². The van der Waals surface area contributed by atoms with Crippen LogP contribution < -0.4 is 9.73 Å². The largest absolute Gasteiger partial charge is 0.271 e. The van der Waals surface area contributed by atoms with Crippen LogP contribution in [0.2, 0.25) is 0 Å². The Labute approximate surface area is 173 Å². The summed E-state index contributed by atoms with van der Waals surface area (Å²) in [6.45, 7) is 7.56. The SMILES string of the molecule is C/C(CC(C)(C)c1ccccc1)=N/NC(=O)CN(c1ccccc1C)S(C)(=O)=O. The van der Waals surface area contributed by atoms with Crippen molar-refractivity contribution < 1.29 is 13.2 Å². The summed E-state index contributed by atoms with van der Waals surface area (Å²) < 4.78 is 25.5. The predicted molar refractivity (Wildman–Crippen MR) is 119 cm³/mol. The number of aryl methyl sites for hydroxylation is 1. The van der Waals surface area contributed by atoms with Crippen molar-refractivity contribution in [3.05, 3.63) is 65.7 Å². The monoisotopic (exact) mass is 415 g/mol. The molecule has 2 aromatic rings. The quantitative estimate of drug-likeness (QED) is 0.528. The van der Waals surface area contributed by atoms with Gasteiger partial charge in [-0.05, 0) is 42.9 Å². The van der Waals surface area contributed by atoms with Crippen LogP contribution in [0.3, 0.4) is 0 Å². The third-order valence-electron chi connectivity index (χ3n) is 4.70. The number of para-hydroxylation sites is 1. The zero-order valence-corrected chi connectivity index (χ0v) is 18.5. The molecule has 0 saturated carbocycles. The molecule has 0 atom stereocenters. The van der Waals surface area contributed by atoms with Gasteiger partial charge in [0.1, 0.15) is 6.54 Å². The Balaban J connectivity index is 2.07. The number of hydrogen-bond acceptors (Lipinski definition) is 4. The molecule has 156 valence electrons.